The molecule has 3 rings (SSSR count). The Balaban J connectivity index is 1.72. The standard InChI is InChI=1S/C15H17FN2O2/c16-12-4-2-1-3-11(12)15(20)18-8-7-13-10(9-18)5-6-14(19)17-13/h1-4,10,13H,5-9H2,(H,17,19). The molecular formula is C15H17FN2O2. The summed E-state index contributed by atoms with van der Waals surface area (Å²) in [5, 5.41) is 2.98. The molecule has 2 heterocycles. The van der Waals surface area contributed by atoms with E-state index in [4.69, 9.17) is 0 Å². The van der Waals surface area contributed by atoms with Crippen LogP contribution in [0.4, 0.5) is 4.39 Å². The van der Waals surface area contributed by atoms with Crippen molar-refractivity contribution in [1.82, 2.24) is 10.2 Å². The zero-order chi connectivity index (χ0) is 14.1. The van der Waals surface area contributed by atoms with Crippen LogP contribution in [-0.4, -0.2) is 35.8 Å². The summed E-state index contributed by atoms with van der Waals surface area (Å²) < 4.78 is 13.7. The van der Waals surface area contributed by atoms with Crippen LogP contribution in [0.3, 0.4) is 0 Å². The third kappa shape index (κ3) is 2.40. The molecule has 2 fully saturated rings. The van der Waals surface area contributed by atoms with E-state index >= 15 is 0 Å². The minimum absolute atomic E-state index is 0.0973. The van der Waals surface area contributed by atoms with Crippen LogP contribution < -0.4 is 5.32 Å². The Morgan fingerprint density at radius 2 is 2.10 bits per heavy atom. The fraction of sp³-hybridized carbons (Fsp3) is 0.467. The average Bonchev–Trinajstić information content (AvgIpc) is 2.46. The van der Waals surface area contributed by atoms with Gasteiger partial charge in [0.1, 0.15) is 5.82 Å². The molecule has 2 saturated heterocycles. The Hall–Kier alpha value is -1.91. The predicted molar refractivity (Wildman–Crippen MR) is 71.6 cm³/mol. The molecule has 2 amide bonds. The lowest BCUT2D eigenvalue weighted by molar-refractivity contribution is -0.125. The topological polar surface area (TPSA) is 49.4 Å². The molecule has 0 radical (unpaired) electrons. The molecule has 1 aromatic rings. The summed E-state index contributed by atoms with van der Waals surface area (Å²) in [6.07, 6.45) is 2.07. The van der Waals surface area contributed by atoms with Gasteiger partial charge in [0.05, 0.1) is 5.56 Å². The number of nitrogens with one attached hydrogen (secondary N) is 1. The van der Waals surface area contributed by atoms with Crippen molar-refractivity contribution < 1.29 is 14.0 Å². The predicted octanol–water partition coefficient (Wildman–Crippen LogP) is 1.57. The minimum atomic E-state index is -0.475. The second-order valence-corrected chi connectivity index (χ2v) is 5.49. The van der Waals surface area contributed by atoms with Crippen molar-refractivity contribution in [2.45, 2.75) is 25.3 Å². The van der Waals surface area contributed by atoms with Crippen LogP contribution in [0.5, 0.6) is 0 Å². The largest absolute Gasteiger partial charge is 0.353 e. The lowest BCUT2D eigenvalue weighted by atomic mass is 9.85. The third-order valence-corrected chi connectivity index (χ3v) is 4.21. The van der Waals surface area contributed by atoms with E-state index in [1.54, 1.807) is 17.0 Å². The van der Waals surface area contributed by atoms with Crippen molar-refractivity contribution in [3.05, 3.63) is 35.6 Å². The van der Waals surface area contributed by atoms with Crippen LogP contribution in [-0.2, 0) is 4.79 Å². The molecule has 2 aliphatic rings. The van der Waals surface area contributed by atoms with Crippen LogP contribution in [0.25, 0.3) is 0 Å². The molecule has 2 aliphatic heterocycles. The number of piperidine rings is 2. The van der Waals surface area contributed by atoms with Crippen molar-refractivity contribution >= 4 is 11.8 Å². The first-order valence-electron chi connectivity index (χ1n) is 6.98. The molecule has 0 aliphatic carbocycles. The first-order chi connectivity index (χ1) is 9.65. The number of carbonyl (C=O) groups is 2. The van der Waals surface area contributed by atoms with E-state index in [0.29, 0.717) is 19.5 Å². The summed E-state index contributed by atoms with van der Waals surface area (Å²) in [5.41, 5.74) is 0.130. The number of halogens is 1. The number of carbonyl (C=O) groups excluding carboxylic acids is 2. The first-order valence-corrected chi connectivity index (χ1v) is 6.98. The Bertz CT molecular complexity index is 546. The van der Waals surface area contributed by atoms with Gasteiger partial charge < -0.3 is 10.2 Å². The number of hydrogen-bond acceptors (Lipinski definition) is 2. The van der Waals surface area contributed by atoms with Crippen molar-refractivity contribution in [2.24, 2.45) is 5.92 Å². The normalized spacial score (nSPS) is 25.9. The lowest BCUT2D eigenvalue weighted by Crippen LogP contribution is -2.55. The molecule has 1 N–H and O–H groups in total. The molecule has 0 aromatic heterocycles. The number of hydrogen-bond donors (Lipinski definition) is 1. The Morgan fingerprint density at radius 1 is 1.30 bits per heavy atom. The molecule has 1 aromatic carbocycles. The summed E-state index contributed by atoms with van der Waals surface area (Å²) in [6, 6.07) is 6.24. The second-order valence-electron chi connectivity index (χ2n) is 5.49. The van der Waals surface area contributed by atoms with Gasteiger partial charge in [-0.25, -0.2) is 4.39 Å². The zero-order valence-corrected chi connectivity index (χ0v) is 11.1. The van der Waals surface area contributed by atoms with Gasteiger partial charge in [-0.15, -0.1) is 0 Å². The summed E-state index contributed by atoms with van der Waals surface area (Å²) in [7, 11) is 0. The summed E-state index contributed by atoms with van der Waals surface area (Å²) in [6.45, 7) is 1.16. The summed E-state index contributed by atoms with van der Waals surface area (Å²) in [5.74, 6) is -0.340. The van der Waals surface area contributed by atoms with E-state index in [0.717, 1.165) is 12.8 Å². The van der Waals surface area contributed by atoms with Crippen molar-refractivity contribution in [3.8, 4) is 0 Å². The van der Waals surface area contributed by atoms with E-state index in [9.17, 15) is 14.0 Å². The highest BCUT2D eigenvalue weighted by Gasteiger charge is 2.35. The fourth-order valence-corrected chi connectivity index (χ4v) is 3.10. The molecule has 0 spiro atoms. The zero-order valence-electron chi connectivity index (χ0n) is 11.1. The fourth-order valence-electron chi connectivity index (χ4n) is 3.10. The smallest absolute Gasteiger partial charge is 0.256 e. The molecule has 2 atom stereocenters. The molecule has 0 saturated carbocycles. The van der Waals surface area contributed by atoms with Gasteiger partial charge in [-0.1, -0.05) is 12.1 Å². The number of benzene rings is 1. The van der Waals surface area contributed by atoms with Gasteiger partial charge in [-0.3, -0.25) is 9.59 Å². The maximum atomic E-state index is 13.7. The van der Waals surface area contributed by atoms with Gasteiger partial charge in [0, 0.05) is 25.6 Å². The maximum absolute atomic E-state index is 13.7. The van der Waals surface area contributed by atoms with Crippen molar-refractivity contribution in [3.63, 3.8) is 0 Å². The number of rotatable bonds is 1. The lowest BCUT2D eigenvalue weighted by Gasteiger charge is -2.41. The van der Waals surface area contributed by atoms with Gasteiger partial charge in [0.2, 0.25) is 5.91 Å². The van der Waals surface area contributed by atoms with Crippen LogP contribution in [0.15, 0.2) is 24.3 Å². The highest BCUT2D eigenvalue weighted by Crippen LogP contribution is 2.26. The maximum Gasteiger partial charge on any atom is 0.256 e. The Labute approximate surface area is 117 Å². The van der Waals surface area contributed by atoms with Crippen LogP contribution >= 0.6 is 0 Å². The van der Waals surface area contributed by atoms with Crippen LogP contribution in [0.2, 0.25) is 0 Å². The van der Waals surface area contributed by atoms with Gasteiger partial charge in [-0.05, 0) is 30.9 Å². The average molecular weight is 276 g/mol. The van der Waals surface area contributed by atoms with Gasteiger partial charge in [0.15, 0.2) is 0 Å². The molecule has 106 valence electrons. The first kappa shape index (κ1) is 13.1. The van der Waals surface area contributed by atoms with Gasteiger partial charge in [-0.2, -0.15) is 0 Å². The summed E-state index contributed by atoms with van der Waals surface area (Å²) in [4.78, 5) is 25.4. The van der Waals surface area contributed by atoms with E-state index < -0.39 is 5.82 Å². The van der Waals surface area contributed by atoms with Crippen molar-refractivity contribution in [1.29, 1.82) is 0 Å². The van der Waals surface area contributed by atoms with E-state index in [1.165, 1.54) is 12.1 Å². The molecule has 2 unspecified atom stereocenters. The third-order valence-electron chi connectivity index (χ3n) is 4.21. The molecule has 4 nitrogen and oxygen atoms in total. The van der Waals surface area contributed by atoms with E-state index in [2.05, 4.69) is 5.32 Å². The number of nitrogens with zero attached hydrogens (tertiary/aromatic N) is 1. The monoisotopic (exact) mass is 276 g/mol. The van der Waals surface area contributed by atoms with Gasteiger partial charge in [0.25, 0.3) is 5.91 Å². The van der Waals surface area contributed by atoms with Gasteiger partial charge >= 0.3 is 0 Å². The molecule has 5 heteroatoms. The second kappa shape index (κ2) is 5.23. The highest BCUT2D eigenvalue weighted by atomic mass is 19.1. The quantitative estimate of drug-likeness (QED) is 0.846. The number of likely N-dealkylation sites (tertiary alicyclic amines) is 1. The van der Waals surface area contributed by atoms with Crippen molar-refractivity contribution in [2.75, 3.05) is 13.1 Å². The van der Waals surface area contributed by atoms with Crippen LogP contribution in [0, 0.1) is 11.7 Å². The minimum Gasteiger partial charge on any atom is -0.353 e. The Morgan fingerprint density at radius 3 is 2.90 bits per heavy atom. The molecular weight excluding hydrogens is 259 g/mol. The Kier molecular flexibility index (Phi) is 3.42. The number of fused-ring (bicyclic) bond motifs is 1. The van der Waals surface area contributed by atoms with E-state index in [-0.39, 0.29) is 29.3 Å². The molecule has 20 heavy (non-hydrogen) atoms. The highest BCUT2D eigenvalue weighted by molar-refractivity contribution is 5.94. The van der Waals surface area contributed by atoms with E-state index in [1.807, 2.05) is 0 Å². The molecule has 0 bridgehead atoms. The SMILES string of the molecule is O=C1CCC2CN(C(=O)c3ccccc3F)CCC2N1. The summed E-state index contributed by atoms with van der Waals surface area (Å²) >= 11 is 0. The number of amides is 2. The van der Waals surface area contributed by atoms with Crippen LogP contribution in [0.1, 0.15) is 29.6 Å².